The summed E-state index contributed by atoms with van der Waals surface area (Å²) < 4.78 is 54.6. The second-order valence-corrected chi connectivity index (χ2v) is 9.53. The van der Waals surface area contributed by atoms with Gasteiger partial charge in [-0.1, -0.05) is 18.2 Å². The summed E-state index contributed by atoms with van der Waals surface area (Å²) in [6.07, 6.45) is 2.00. The first-order chi connectivity index (χ1) is 16.2. The van der Waals surface area contributed by atoms with Gasteiger partial charge in [-0.25, -0.2) is 9.18 Å². The summed E-state index contributed by atoms with van der Waals surface area (Å²) >= 11 is 0. The number of benzene rings is 2. The molecule has 4 rings (SSSR count). The Labute approximate surface area is 194 Å². The lowest BCUT2D eigenvalue weighted by atomic mass is 10.2. The van der Waals surface area contributed by atoms with Crippen LogP contribution in [0.15, 0.2) is 65.7 Å². The maximum atomic E-state index is 15.1. The number of ether oxygens (including phenoxy) is 1. The Morgan fingerprint density at radius 2 is 1.88 bits per heavy atom. The van der Waals surface area contributed by atoms with E-state index in [4.69, 9.17) is 9.29 Å². The molecule has 34 heavy (non-hydrogen) atoms. The average Bonchev–Trinajstić information content (AvgIpc) is 3.40. The molecule has 0 amide bonds. The number of hydrogen-bond acceptors (Lipinski definition) is 7. The van der Waals surface area contributed by atoms with Gasteiger partial charge < -0.3 is 9.64 Å². The number of nitrogens with one attached hydrogen (secondary N) is 1. The van der Waals surface area contributed by atoms with E-state index in [2.05, 4.69) is 5.32 Å². The van der Waals surface area contributed by atoms with Crippen LogP contribution in [0.2, 0.25) is 0 Å². The fraction of sp³-hybridized carbons (Fsp3) is 0.273. The van der Waals surface area contributed by atoms with Crippen molar-refractivity contribution in [3.63, 3.8) is 0 Å². The summed E-state index contributed by atoms with van der Waals surface area (Å²) in [4.78, 5) is 25.9. The van der Waals surface area contributed by atoms with Gasteiger partial charge in [-0.15, -0.1) is 0 Å². The molecule has 2 N–H and O–H groups in total. The molecule has 1 aliphatic heterocycles. The molecule has 10 nitrogen and oxygen atoms in total. The van der Waals surface area contributed by atoms with Gasteiger partial charge in [0.05, 0.1) is 17.5 Å². The molecule has 0 saturated carbocycles. The van der Waals surface area contributed by atoms with Gasteiger partial charge in [0.15, 0.2) is 12.5 Å². The Balaban J connectivity index is 1.54. The van der Waals surface area contributed by atoms with E-state index in [1.807, 2.05) is 6.07 Å². The predicted molar refractivity (Wildman–Crippen MR) is 122 cm³/mol. The van der Waals surface area contributed by atoms with E-state index in [1.165, 1.54) is 39.3 Å². The first kappa shape index (κ1) is 23.8. The first-order valence-corrected chi connectivity index (χ1v) is 11.9. The topological polar surface area (TPSA) is 123 Å². The molecule has 2 heterocycles. The molecule has 1 fully saturated rings. The summed E-state index contributed by atoms with van der Waals surface area (Å²) in [5.74, 6) is -0.670. The lowest BCUT2D eigenvalue weighted by Gasteiger charge is -2.21. The number of anilines is 1. The lowest BCUT2D eigenvalue weighted by molar-refractivity contribution is -0.117. The Morgan fingerprint density at radius 1 is 1.18 bits per heavy atom. The van der Waals surface area contributed by atoms with Crippen molar-refractivity contribution in [3.8, 4) is 11.4 Å². The number of carbonyl (C=O) groups excluding carboxylic acids is 1. The predicted octanol–water partition coefficient (Wildman–Crippen LogP) is 1.32. The zero-order valence-electron chi connectivity index (χ0n) is 18.1. The molecule has 2 unspecified atom stereocenters. The van der Waals surface area contributed by atoms with Crippen LogP contribution in [0, 0.1) is 5.82 Å². The van der Waals surface area contributed by atoms with Gasteiger partial charge in [-0.05, 0) is 37.3 Å². The molecule has 0 radical (unpaired) electrons. The highest BCUT2D eigenvalue weighted by molar-refractivity contribution is 7.86. The third-order valence-corrected chi connectivity index (χ3v) is 6.63. The number of para-hydroxylation sites is 1. The van der Waals surface area contributed by atoms with Gasteiger partial charge in [-0.3, -0.25) is 23.8 Å². The minimum absolute atomic E-state index is 0.0464. The van der Waals surface area contributed by atoms with Crippen molar-refractivity contribution in [2.45, 2.75) is 24.6 Å². The van der Waals surface area contributed by atoms with Crippen LogP contribution in [0.4, 0.5) is 10.1 Å². The maximum absolute atomic E-state index is 15.1. The highest BCUT2D eigenvalue weighted by Gasteiger charge is 2.34. The van der Waals surface area contributed by atoms with Crippen molar-refractivity contribution in [1.29, 1.82) is 0 Å². The third kappa shape index (κ3) is 4.80. The second-order valence-electron chi connectivity index (χ2n) is 7.79. The van der Waals surface area contributed by atoms with Crippen molar-refractivity contribution in [2.75, 3.05) is 18.0 Å². The van der Waals surface area contributed by atoms with Crippen LogP contribution in [0.1, 0.15) is 6.92 Å². The van der Waals surface area contributed by atoms with Crippen LogP contribution >= 0.6 is 0 Å². The van der Waals surface area contributed by atoms with E-state index >= 15 is 4.39 Å². The fourth-order valence-electron chi connectivity index (χ4n) is 3.73. The largest absolute Gasteiger partial charge is 0.345 e. The summed E-state index contributed by atoms with van der Waals surface area (Å²) in [6, 6.07) is 13.2. The number of carbonyl (C=O) groups is 1. The maximum Gasteiger partial charge on any atom is 0.337 e. The van der Waals surface area contributed by atoms with Crippen LogP contribution in [0.3, 0.4) is 0 Å². The molecular weight excluding hydrogens is 467 g/mol. The van der Waals surface area contributed by atoms with Crippen molar-refractivity contribution in [3.05, 3.63) is 77.2 Å². The molecule has 1 aromatic heterocycles. The SMILES string of the molecule is CC(NC[C@H]1CN(c2ccc(-n3ccn(-c4ccccc4)c3=O)c(F)c2)C(C=O)O1)S(=O)(=O)O. The van der Waals surface area contributed by atoms with E-state index in [9.17, 15) is 18.0 Å². The lowest BCUT2D eigenvalue weighted by Crippen LogP contribution is -2.39. The number of halogens is 1. The minimum Gasteiger partial charge on any atom is -0.345 e. The van der Waals surface area contributed by atoms with Gasteiger partial charge in [0, 0.05) is 31.2 Å². The van der Waals surface area contributed by atoms with Gasteiger partial charge >= 0.3 is 5.69 Å². The van der Waals surface area contributed by atoms with Crippen molar-refractivity contribution < 1.29 is 26.9 Å². The Bertz CT molecular complexity index is 1340. The number of aromatic nitrogens is 2. The van der Waals surface area contributed by atoms with Crippen LogP contribution in [-0.2, 0) is 19.6 Å². The fourth-order valence-corrected chi connectivity index (χ4v) is 4.03. The molecule has 0 aliphatic carbocycles. The molecule has 0 bridgehead atoms. The molecule has 2 aromatic carbocycles. The van der Waals surface area contributed by atoms with Gasteiger partial charge in [0.2, 0.25) is 0 Å². The van der Waals surface area contributed by atoms with E-state index in [1.54, 1.807) is 36.5 Å². The molecule has 180 valence electrons. The van der Waals surface area contributed by atoms with Gasteiger partial charge in [-0.2, -0.15) is 8.42 Å². The summed E-state index contributed by atoms with van der Waals surface area (Å²) in [5.41, 5.74) is 0.618. The minimum atomic E-state index is -4.26. The number of hydrogen-bond donors (Lipinski definition) is 2. The zero-order valence-corrected chi connectivity index (χ0v) is 18.9. The van der Waals surface area contributed by atoms with Gasteiger partial charge in [0.1, 0.15) is 11.2 Å². The van der Waals surface area contributed by atoms with Crippen molar-refractivity contribution in [1.82, 2.24) is 14.5 Å². The molecule has 0 spiro atoms. The van der Waals surface area contributed by atoms with E-state index in [0.29, 0.717) is 17.7 Å². The second kappa shape index (κ2) is 9.50. The number of aldehydes is 1. The van der Waals surface area contributed by atoms with Crippen LogP contribution in [0.25, 0.3) is 11.4 Å². The Morgan fingerprint density at radius 3 is 2.53 bits per heavy atom. The smallest absolute Gasteiger partial charge is 0.337 e. The van der Waals surface area contributed by atoms with Crippen LogP contribution < -0.4 is 15.9 Å². The molecule has 1 aliphatic rings. The number of nitrogens with zero attached hydrogens (tertiary/aromatic N) is 3. The highest BCUT2D eigenvalue weighted by atomic mass is 32.2. The average molecular weight is 491 g/mol. The first-order valence-electron chi connectivity index (χ1n) is 10.4. The van der Waals surface area contributed by atoms with Gasteiger partial charge in [0.25, 0.3) is 10.1 Å². The van der Waals surface area contributed by atoms with Crippen molar-refractivity contribution >= 4 is 22.1 Å². The zero-order chi connectivity index (χ0) is 24.5. The Kier molecular flexibility index (Phi) is 6.66. The van der Waals surface area contributed by atoms with E-state index in [-0.39, 0.29) is 18.8 Å². The standard InChI is InChI=1S/C22H23FN4O6S/c1-15(34(30,31)32)24-12-18-13-27(21(14-28)33-18)17-7-8-20(19(23)11-17)26-10-9-25(22(26)29)16-5-3-2-4-6-16/h2-11,14-15,18,21,24H,12-13H2,1H3,(H,30,31,32)/t15?,18-,21?/m0/s1. The summed E-state index contributed by atoms with van der Waals surface area (Å²) in [6.45, 7) is 1.50. The molecular formula is C22H23FN4O6S. The summed E-state index contributed by atoms with van der Waals surface area (Å²) in [7, 11) is -4.26. The number of imidazole rings is 1. The van der Waals surface area contributed by atoms with Crippen LogP contribution in [-0.4, -0.2) is 59.2 Å². The summed E-state index contributed by atoms with van der Waals surface area (Å²) in [5, 5.41) is 1.42. The van der Waals surface area contributed by atoms with E-state index < -0.39 is 39.3 Å². The molecule has 1 saturated heterocycles. The number of rotatable bonds is 8. The third-order valence-electron chi connectivity index (χ3n) is 5.57. The van der Waals surface area contributed by atoms with Crippen LogP contribution in [0.5, 0.6) is 0 Å². The monoisotopic (exact) mass is 490 g/mol. The molecule has 3 aromatic rings. The highest BCUT2D eigenvalue weighted by Crippen LogP contribution is 2.27. The van der Waals surface area contributed by atoms with E-state index in [0.717, 1.165) is 0 Å². The molecule has 3 atom stereocenters. The molecule has 12 heteroatoms. The Hall–Kier alpha value is -3.32. The normalized spacial score (nSPS) is 19.3. The van der Waals surface area contributed by atoms with Crippen molar-refractivity contribution in [2.24, 2.45) is 0 Å². The quantitative estimate of drug-likeness (QED) is 0.358.